The van der Waals surface area contributed by atoms with Crippen LogP contribution in [-0.4, -0.2) is 33.8 Å². The number of aromatic nitrogens is 1. The Morgan fingerprint density at radius 2 is 2.08 bits per heavy atom. The minimum atomic E-state index is -0.565. The summed E-state index contributed by atoms with van der Waals surface area (Å²) in [5.41, 5.74) is 0.502. The second-order valence-corrected chi connectivity index (χ2v) is 5.61. The van der Waals surface area contributed by atoms with Gasteiger partial charge < -0.3 is 19.5 Å². The number of pyridine rings is 1. The van der Waals surface area contributed by atoms with E-state index in [1.54, 1.807) is 44.3 Å². The monoisotopic (exact) mass is 343 g/mol. The van der Waals surface area contributed by atoms with Gasteiger partial charge in [-0.2, -0.15) is 0 Å². The average molecular weight is 343 g/mol. The van der Waals surface area contributed by atoms with Crippen LogP contribution in [0.2, 0.25) is 0 Å². The van der Waals surface area contributed by atoms with Gasteiger partial charge in [-0.1, -0.05) is 18.2 Å². The third-order valence-electron chi connectivity index (χ3n) is 3.75. The molecular formula is C19H21NO5. The number of ether oxygens (including phenoxy) is 1. The molecule has 0 aliphatic rings. The lowest BCUT2D eigenvalue weighted by Crippen LogP contribution is -2.25. The minimum Gasteiger partial charge on any atom is -0.507 e. The van der Waals surface area contributed by atoms with Gasteiger partial charge in [0.2, 0.25) is 0 Å². The number of aliphatic hydroxyl groups excluding tert-OH is 1. The Bertz CT molecular complexity index is 851. The maximum Gasteiger partial charge on any atom is 0.265 e. The van der Waals surface area contributed by atoms with E-state index in [-0.39, 0.29) is 17.9 Å². The van der Waals surface area contributed by atoms with Crippen molar-refractivity contribution >= 4 is 11.9 Å². The molecule has 0 saturated heterocycles. The van der Waals surface area contributed by atoms with Crippen molar-refractivity contribution in [2.75, 3.05) is 13.2 Å². The molecular weight excluding hydrogens is 322 g/mol. The van der Waals surface area contributed by atoms with Crippen LogP contribution in [0.4, 0.5) is 0 Å². The van der Waals surface area contributed by atoms with Crippen molar-refractivity contribution in [2.24, 2.45) is 7.05 Å². The molecule has 1 heterocycles. The SMILES string of the molecule is Cc1cc(O)c(C(=O)/C=C/c2cccc(OCCCO)c2)c(=O)n1C. The molecule has 2 aromatic rings. The quantitative estimate of drug-likeness (QED) is 0.456. The van der Waals surface area contributed by atoms with Gasteiger partial charge in [0.15, 0.2) is 5.78 Å². The normalized spacial score (nSPS) is 11.0. The van der Waals surface area contributed by atoms with Crippen molar-refractivity contribution in [3.63, 3.8) is 0 Å². The summed E-state index contributed by atoms with van der Waals surface area (Å²) in [5.74, 6) is -0.266. The lowest BCUT2D eigenvalue weighted by molar-refractivity contribution is 0.104. The first-order valence-corrected chi connectivity index (χ1v) is 7.89. The molecule has 0 fully saturated rings. The number of allylic oxidation sites excluding steroid dienone is 1. The molecule has 0 spiro atoms. The van der Waals surface area contributed by atoms with Crippen molar-refractivity contribution in [2.45, 2.75) is 13.3 Å². The predicted molar refractivity (Wildman–Crippen MR) is 95.1 cm³/mol. The molecule has 2 rings (SSSR count). The van der Waals surface area contributed by atoms with Gasteiger partial charge in [-0.15, -0.1) is 0 Å². The first-order valence-electron chi connectivity index (χ1n) is 7.89. The van der Waals surface area contributed by atoms with E-state index in [2.05, 4.69) is 0 Å². The van der Waals surface area contributed by atoms with Crippen LogP contribution in [0.15, 0.2) is 41.2 Å². The largest absolute Gasteiger partial charge is 0.507 e. The number of nitrogens with zero attached hydrogens (tertiary/aromatic N) is 1. The Hall–Kier alpha value is -2.86. The Labute approximate surface area is 145 Å². The molecule has 0 radical (unpaired) electrons. The summed E-state index contributed by atoms with van der Waals surface area (Å²) >= 11 is 0. The van der Waals surface area contributed by atoms with Crippen LogP contribution < -0.4 is 10.3 Å². The zero-order chi connectivity index (χ0) is 18.4. The average Bonchev–Trinajstić information content (AvgIpc) is 2.59. The van der Waals surface area contributed by atoms with Gasteiger partial charge in [-0.3, -0.25) is 9.59 Å². The van der Waals surface area contributed by atoms with Crippen LogP contribution >= 0.6 is 0 Å². The number of rotatable bonds is 7. The summed E-state index contributed by atoms with van der Waals surface area (Å²) in [6.45, 7) is 2.13. The number of aromatic hydroxyl groups is 1. The smallest absolute Gasteiger partial charge is 0.265 e. The first-order chi connectivity index (χ1) is 11.9. The number of carbonyl (C=O) groups is 1. The Morgan fingerprint density at radius 1 is 1.32 bits per heavy atom. The molecule has 1 aromatic heterocycles. The van der Waals surface area contributed by atoms with Crippen molar-refractivity contribution in [1.29, 1.82) is 0 Å². The van der Waals surface area contributed by atoms with E-state index in [4.69, 9.17) is 9.84 Å². The molecule has 0 unspecified atom stereocenters. The lowest BCUT2D eigenvalue weighted by Gasteiger charge is -2.07. The van der Waals surface area contributed by atoms with Crippen LogP contribution in [-0.2, 0) is 7.05 Å². The molecule has 0 atom stereocenters. The van der Waals surface area contributed by atoms with Gasteiger partial charge >= 0.3 is 0 Å². The Morgan fingerprint density at radius 3 is 2.80 bits per heavy atom. The van der Waals surface area contributed by atoms with Gasteiger partial charge in [0, 0.05) is 31.8 Å². The third-order valence-corrected chi connectivity index (χ3v) is 3.75. The van der Waals surface area contributed by atoms with E-state index in [0.29, 0.717) is 24.5 Å². The molecule has 2 N–H and O–H groups in total. The fourth-order valence-corrected chi connectivity index (χ4v) is 2.25. The Kier molecular flexibility index (Phi) is 6.14. The lowest BCUT2D eigenvalue weighted by atomic mass is 10.1. The maximum atomic E-state index is 12.3. The van der Waals surface area contributed by atoms with Crippen molar-refractivity contribution < 1.29 is 19.7 Å². The van der Waals surface area contributed by atoms with Crippen LogP contribution in [0.25, 0.3) is 6.08 Å². The van der Waals surface area contributed by atoms with E-state index >= 15 is 0 Å². The number of aliphatic hydroxyl groups is 1. The van der Waals surface area contributed by atoms with Gasteiger partial charge in [0.25, 0.3) is 5.56 Å². The molecule has 6 heteroatoms. The topological polar surface area (TPSA) is 88.8 Å². The molecule has 1 aromatic carbocycles. The van der Waals surface area contributed by atoms with Crippen molar-refractivity contribution in [3.8, 4) is 11.5 Å². The van der Waals surface area contributed by atoms with E-state index in [9.17, 15) is 14.7 Å². The highest BCUT2D eigenvalue weighted by molar-refractivity contribution is 6.08. The van der Waals surface area contributed by atoms with Crippen LogP contribution in [0.3, 0.4) is 0 Å². The third kappa shape index (κ3) is 4.58. The molecule has 0 bridgehead atoms. The molecule has 0 aliphatic heterocycles. The van der Waals surface area contributed by atoms with Gasteiger partial charge in [0.1, 0.15) is 17.1 Å². The summed E-state index contributed by atoms with van der Waals surface area (Å²) in [6.07, 6.45) is 3.34. The highest BCUT2D eigenvalue weighted by atomic mass is 16.5. The highest BCUT2D eigenvalue weighted by Gasteiger charge is 2.16. The number of aryl methyl sites for hydroxylation is 1. The number of carbonyl (C=O) groups excluding carboxylic acids is 1. The van der Waals surface area contributed by atoms with E-state index in [1.165, 1.54) is 16.7 Å². The molecule has 0 saturated carbocycles. The van der Waals surface area contributed by atoms with E-state index < -0.39 is 11.3 Å². The molecule has 6 nitrogen and oxygen atoms in total. The molecule has 132 valence electrons. The molecule has 0 amide bonds. The molecule has 0 aliphatic carbocycles. The Balaban J connectivity index is 2.20. The van der Waals surface area contributed by atoms with Crippen LogP contribution in [0.5, 0.6) is 11.5 Å². The number of hydrogen-bond acceptors (Lipinski definition) is 5. The fraction of sp³-hybridized carbons (Fsp3) is 0.263. The molecule has 25 heavy (non-hydrogen) atoms. The van der Waals surface area contributed by atoms with Crippen LogP contribution in [0.1, 0.15) is 28.0 Å². The summed E-state index contributed by atoms with van der Waals surface area (Å²) in [5, 5.41) is 18.7. The van der Waals surface area contributed by atoms with Crippen molar-refractivity contribution in [3.05, 3.63) is 63.6 Å². The van der Waals surface area contributed by atoms with Gasteiger partial charge in [-0.25, -0.2) is 0 Å². The summed E-state index contributed by atoms with van der Waals surface area (Å²) in [7, 11) is 1.55. The van der Waals surface area contributed by atoms with E-state index in [0.717, 1.165) is 5.56 Å². The summed E-state index contributed by atoms with van der Waals surface area (Å²) in [6, 6.07) is 8.47. The maximum absolute atomic E-state index is 12.3. The number of benzene rings is 1. The minimum absolute atomic E-state index is 0.0586. The summed E-state index contributed by atoms with van der Waals surface area (Å²) < 4.78 is 6.79. The standard InChI is InChI=1S/C19H21NO5/c1-13-11-17(23)18(19(24)20(13)2)16(22)8-7-14-5-3-6-15(12-14)25-10-4-9-21/h3,5-8,11-12,21,23H,4,9-10H2,1-2H3/b8-7+. The van der Waals surface area contributed by atoms with Gasteiger partial charge in [0.05, 0.1) is 6.61 Å². The first kappa shape index (κ1) is 18.5. The fourth-order valence-electron chi connectivity index (χ4n) is 2.25. The zero-order valence-corrected chi connectivity index (χ0v) is 14.2. The second kappa shape index (κ2) is 8.30. The number of hydrogen-bond donors (Lipinski definition) is 2. The zero-order valence-electron chi connectivity index (χ0n) is 14.2. The predicted octanol–water partition coefficient (Wildman–Crippen LogP) is 2.06. The van der Waals surface area contributed by atoms with Gasteiger partial charge in [-0.05, 0) is 30.7 Å². The highest BCUT2D eigenvalue weighted by Crippen LogP contribution is 2.17. The summed E-state index contributed by atoms with van der Waals surface area (Å²) in [4.78, 5) is 24.5. The second-order valence-electron chi connectivity index (χ2n) is 5.61. The van der Waals surface area contributed by atoms with E-state index in [1.807, 2.05) is 0 Å². The number of ketones is 1. The van der Waals surface area contributed by atoms with Crippen LogP contribution in [0, 0.1) is 6.92 Å². The van der Waals surface area contributed by atoms with Crippen molar-refractivity contribution in [1.82, 2.24) is 4.57 Å².